The maximum Gasteiger partial charge on any atom is 0.413 e. The number of nitrogens with zero attached hydrogens (tertiary/aromatic N) is 1. The molecule has 1 aromatic heterocycles. The summed E-state index contributed by atoms with van der Waals surface area (Å²) < 4.78 is 6.70. The normalized spacial score (nSPS) is 9.56. The number of alkyl carbamates (subject to hydrolysis) is 1. The predicted octanol–water partition coefficient (Wildman–Crippen LogP) is 1.11. The quantitative estimate of drug-likeness (QED) is 0.775. The van der Waals surface area contributed by atoms with Gasteiger partial charge in [0.25, 0.3) is 0 Å². The number of hydrogen-bond acceptors (Lipinski definition) is 3. The van der Waals surface area contributed by atoms with Crippen LogP contribution in [0.15, 0.2) is 24.5 Å². The van der Waals surface area contributed by atoms with Crippen molar-refractivity contribution in [2.24, 2.45) is 0 Å². The standard InChI is InChI=1S/C10H15N3O2S/c1-2-15-10(14)12-9(16)11-5-8-13-6-3-4-7-13/h3-4,6-7H,2,5,8H2,1H3,(H2,11,12,14,16). The fourth-order valence-corrected chi connectivity index (χ4v) is 1.31. The first-order valence-electron chi connectivity index (χ1n) is 5.04. The Balaban J connectivity index is 2.13. The van der Waals surface area contributed by atoms with E-state index in [1.54, 1.807) is 6.92 Å². The van der Waals surface area contributed by atoms with Crippen LogP contribution < -0.4 is 10.6 Å². The Morgan fingerprint density at radius 2 is 2.12 bits per heavy atom. The molecular weight excluding hydrogens is 226 g/mol. The van der Waals surface area contributed by atoms with Gasteiger partial charge in [-0.3, -0.25) is 5.32 Å². The van der Waals surface area contributed by atoms with Gasteiger partial charge in [-0.1, -0.05) is 0 Å². The van der Waals surface area contributed by atoms with Gasteiger partial charge in [-0.25, -0.2) is 4.79 Å². The van der Waals surface area contributed by atoms with Crippen LogP contribution in [0.3, 0.4) is 0 Å². The Hall–Kier alpha value is -1.56. The number of carbonyl (C=O) groups excluding carboxylic acids is 1. The molecule has 0 spiro atoms. The third kappa shape index (κ3) is 4.79. The molecular formula is C10H15N3O2S. The lowest BCUT2D eigenvalue weighted by molar-refractivity contribution is 0.157. The van der Waals surface area contributed by atoms with E-state index >= 15 is 0 Å². The molecule has 88 valence electrons. The second-order valence-corrected chi connectivity index (χ2v) is 3.43. The van der Waals surface area contributed by atoms with Gasteiger partial charge >= 0.3 is 6.09 Å². The lowest BCUT2D eigenvalue weighted by atomic mass is 10.6. The number of aromatic nitrogens is 1. The molecule has 0 atom stereocenters. The van der Waals surface area contributed by atoms with Crippen molar-refractivity contribution in [3.63, 3.8) is 0 Å². The topological polar surface area (TPSA) is 55.3 Å². The monoisotopic (exact) mass is 241 g/mol. The van der Waals surface area contributed by atoms with Crippen molar-refractivity contribution in [1.82, 2.24) is 15.2 Å². The molecule has 0 aliphatic rings. The van der Waals surface area contributed by atoms with Crippen molar-refractivity contribution in [3.8, 4) is 0 Å². The van der Waals surface area contributed by atoms with Gasteiger partial charge in [-0.2, -0.15) is 0 Å². The molecule has 1 heterocycles. The Morgan fingerprint density at radius 1 is 1.44 bits per heavy atom. The molecule has 2 N–H and O–H groups in total. The molecule has 0 radical (unpaired) electrons. The number of ether oxygens (including phenoxy) is 1. The van der Waals surface area contributed by atoms with Gasteiger partial charge in [0.05, 0.1) is 6.61 Å². The molecule has 0 aliphatic carbocycles. The summed E-state index contributed by atoms with van der Waals surface area (Å²) in [5.74, 6) is 0. The highest BCUT2D eigenvalue weighted by Crippen LogP contribution is 1.88. The van der Waals surface area contributed by atoms with E-state index in [9.17, 15) is 4.79 Å². The Bertz CT molecular complexity index is 338. The van der Waals surface area contributed by atoms with Gasteiger partial charge in [0.2, 0.25) is 0 Å². The lowest BCUT2D eigenvalue weighted by Crippen LogP contribution is -2.40. The van der Waals surface area contributed by atoms with Gasteiger partial charge in [0, 0.05) is 25.5 Å². The van der Waals surface area contributed by atoms with Crippen LogP contribution in [0.1, 0.15) is 6.92 Å². The molecule has 1 amide bonds. The minimum Gasteiger partial charge on any atom is -0.450 e. The largest absolute Gasteiger partial charge is 0.450 e. The van der Waals surface area contributed by atoms with E-state index in [4.69, 9.17) is 12.2 Å². The van der Waals surface area contributed by atoms with Gasteiger partial charge < -0.3 is 14.6 Å². The molecule has 1 rings (SSSR count). The van der Waals surface area contributed by atoms with Crippen LogP contribution in [0, 0.1) is 0 Å². The Labute approximate surface area is 99.8 Å². The average molecular weight is 241 g/mol. The molecule has 0 saturated heterocycles. The van der Waals surface area contributed by atoms with Gasteiger partial charge in [-0.15, -0.1) is 0 Å². The van der Waals surface area contributed by atoms with E-state index < -0.39 is 6.09 Å². The summed E-state index contributed by atoms with van der Waals surface area (Å²) in [6, 6.07) is 3.91. The Kier molecular flexibility index (Phi) is 5.35. The van der Waals surface area contributed by atoms with Crippen LogP contribution in [0.4, 0.5) is 4.79 Å². The lowest BCUT2D eigenvalue weighted by Gasteiger charge is -2.09. The van der Waals surface area contributed by atoms with E-state index in [-0.39, 0.29) is 5.11 Å². The third-order valence-electron chi connectivity index (χ3n) is 1.81. The fourth-order valence-electron chi connectivity index (χ4n) is 1.12. The van der Waals surface area contributed by atoms with Crippen molar-refractivity contribution >= 4 is 23.4 Å². The maximum absolute atomic E-state index is 11.0. The summed E-state index contributed by atoms with van der Waals surface area (Å²) in [7, 11) is 0. The van der Waals surface area contributed by atoms with E-state index in [0.717, 1.165) is 6.54 Å². The van der Waals surface area contributed by atoms with Crippen LogP contribution in [0.25, 0.3) is 0 Å². The van der Waals surface area contributed by atoms with Crippen molar-refractivity contribution in [1.29, 1.82) is 0 Å². The molecule has 0 bridgehead atoms. The summed E-state index contributed by atoms with van der Waals surface area (Å²) in [6.07, 6.45) is 3.40. The zero-order chi connectivity index (χ0) is 11.8. The van der Waals surface area contributed by atoms with Crippen LogP contribution in [0.5, 0.6) is 0 Å². The first-order chi connectivity index (χ1) is 7.72. The zero-order valence-electron chi connectivity index (χ0n) is 9.10. The molecule has 0 unspecified atom stereocenters. The number of carbonyl (C=O) groups is 1. The summed E-state index contributed by atoms with van der Waals surface area (Å²) in [5, 5.41) is 5.60. The molecule has 0 saturated carbocycles. The summed E-state index contributed by atoms with van der Waals surface area (Å²) in [4.78, 5) is 11.0. The second kappa shape index (κ2) is 6.84. The number of hydrogen-bond donors (Lipinski definition) is 2. The summed E-state index contributed by atoms with van der Waals surface area (Å²) >= 11 is 4.91. The highest BCUT2D eigenvalue weighted by atomic mass is 32.1. The van der Waals surface area contributed by atoms with Crippen LogP contribution in [-0.2, 0) is 11.3 Å². The van der Waals surface area contributed by atoms with Crippen LogP contribution in [0.2, 0.25) is 0 Å². The molecule has 1 aromatic rings. The van der Waals surface area contributed by atoms with Crippen LogP contribution >= 0.6 is 12.2 Å². The molecule has 0 aromatic carbocycles. The predicted molar refractivity (Wildman–Crippen MR) is 65.2 cm³/mol. The van der Waals surface area contributed by atoms with E-state index in [1.807, 2.05) is 29.1 Å². The van der Waals surface area contributed by atoms with Crippen molar-refractivity contribution in [2.45, 2.75) is 13.5 Å². The number of nitrogens with one attached hydrogen (secondary N) is 2. The van der Waals surface area contributed by atoms with Crippen molar-refractivity contribution in [2.75, 3.05) is 13.2 Å². The summed E-state index contributed by atoms with van der Waals surface area (Å²) in [5.41, 5.74) is 0. The second-order valence-electron chi connectivity index (χ2n) is 3.02. The van der Waals surface area contributed by atoms with Crippen LogP contribution in [-0.4, -0.2) is 28.9 Å². The Morgan fingerprint density at radius 3 is 2.75 bits per heavy atom. The SMILES string of the molecule is CCOC(=O)NC(=S)NCCn1cccc1. The minimum absolute atomic E-state index is 0.283. The van der Waals surface area contributed by atoms with E-state index in [2.05, 4.69) is 15.4 Å². The molecule has 16 heavy (non-hydrogen) atoms. The highest BCUT2D eigenvalue weighted by Gasteiger charge is 2.02. The molecule has 0 aliphatic heterocycles. The van der Waals surface area contributed by atoms with E-state index in [0.29, 0.717) is 13.2 Å². The molecule has 6 heteroatoms. The number of thiocarbonyl (C=S) groups is 1. The van der Waals surface area contributed by atoms with Gasteiger partial charge in [-0.05, 0) is 31.3 Å². The summed E-state index contributed by atoms with van der Waals surface area (Å²) in [6.45, 7) is 3.51. The van der Waals surface area contributed by atoms with Crippen molar-refractivity contribution < 1.29 is 9.53 Å². The third-order valence-corrected chi connectivity index (χ3v) is 2.06. The number of amides is 1. The minimum atomic E-state index is -0.527. The zero-order valence-corrected chi connectivity index (χ0v) is 9.92. The first kappa shape index (κ1) is 12.5. The van der Waals surface area contributed by atoms with E-state index in [1.165, 1.54) is 0 Å². The highest BCUT2D eigenvalue weighted by molar-refractivity contribution is 7.80. The maximum atomic E-state index is 11.0. The van der Waals surface area contributed by atoms with Crippen molar-refractivity contribution in [3.05, 3.63) is 24.5 Å². The molecule has 0 fully saturated rings. The average Bonchev–Trinajstić information content (AvgIpc) is 2.70. The first-order valence-corrected chi connectivity index (χ1v) is 5.45. The smallest absolute Gasteiger partial charge is 0.413 e. The molecule has 5 nitrogen and oxygen atoms in total. The van der Waals surface area contributed by atoms with Gasteiger partial charge in [0.15, 0.2) is 5.11 Å². The van der Waals surface area contributed by atoms with Gasteiger partial charge in [0.1, 0.15) is 0 Å². The number of rotatable bonds is 4. The fraction of sp³-hybridized carbons (Fsp3) is 0.400.